The Morgan fingerprint density at radius 2 is 1.88 bits per heavy atom. The van der Waals surface area contributed by atoms with E-state index in [-0.39, 0.29) is 30.1 Å². The summed E-state index contributed by atoms with van der Waals surface area (Å²) in [5.41, 5.74) is 2.32. The Hall–Kier alpha value is -2.21. The Balaban J connectivity index is 1.98. The number of carbonyl (C=O) groups is 2. The molecule has 6 heteroatoms. The van der Waals surface area contributed by atoms with Gasteiger partial charge in [-0.25, -0.2) is 0 Å². The second-order valence-corrected chi connectivity index (χ2v) is 6.84. The van der Waals surface area contributed by atoms with E-state index in [1.807, 2.05) is 32.0 Å². The zero-order valence-corrected chi connectivity index (χ0v) is 15.7. The van der Waals surface area contributed by atoms with Gasteiger partial charge in [0.25, 0.3) is 5.91 Å². The molecule has 1 heterocycles. The summed E-state index contributed by atoms with van der Waals surface area (Å²) < 4.78 is 10.5. The van der Waals surface area contributed by atoms with E-state index in [9.17, 15) is 9.59 Å². The third-order valence-electron chi connectivity index (χ3n) is 3.57. The van der Waals surface area contributed by atoms with Crippen molar-refractivity contribution in [2.24, 2.45) is 0 Å². The van der Waals surface area contributed by atoms with Crippen LogP contribution in [-0.2, 0) is 9.53 Å². The van der Waals surface area contributed by atoms with Crippen LogP contribution in [0.2, 0.25) is 0 Å². The van der Waals surface area contributed by atoms with Crippen LogP contribution < -0.4 is 5.32 Å². The van der Waals surface area contributed by atoms with Crippen LogP contribution in [0, 0.1) is 13.8 Å². The lowest BCUT2D eigenvalue weighted by molar-refractivity contribution is -0.143. The molecule has 0 aliphatic heterocycles. The highest BCUT2D eigenvalue weighted by Crippen LogP contribution is 2.33. The van der Waals surface area contributed by atoms with Gasteiger partial charge in [0.2, 0.25) is 0 Å². The highest BCUT2D eigenvalue weighted by atomic mass is 32.2. The van der Waals surface area contributed by atoms with Crippen molar-refractivity contribution in [1.82, 2.24) is 5.32 Å². The molecule has 0 saturated carbocycles. The number of hydrogen-bond donors (Lipinski definition) is 1. The molecule has 134 valence electrons. The SMILES string of the molecule is CCOC(=O)CC(C)NC(=O)c1ccc(Sc2c(C)cccc2C)o1. The number of aryl methyl sites for hydroxylation is 2. The van der Waals surface area contributed by atoms with Gasteiger partial charge in [-0.3, -0.25) is 9.59 Å². The third kappa shape index (κ3) is 5.39. The number of nitrogens with one attached hydrogen (secondary N) is 1. The van der Waals surface area contributed by atoms with Gasteiger partial charge in [0, 0.05) is 10.9 Å². The minimum atomic E-state index is -0.342. The number of hydrogen-bond acceptors (Lipinski definition) is 5. The van der Waals surface area contributed by atoms with Crippen LogP contribution in [0.25, 0.3) is 0 Å². The van der Waals surface area contributed by atoms with Crippen molar-refractivity contribution in [2.45, 2.75) is 50.1 Å². The molecule has 2 rings (SSSR count). The van der Waals surface area contributed by atoms with Crippen molar-refractivity contribution in [1.29, 1.82) is 0 Å². The summed E-state index contributed by atoms with van der Waals surface area (Å²) in [5.74, 6) is -0.449. The molecule has 0 aliphatic rings. The van der Waals surface area contributed by atoms with E-state index in [1.54, 1.807) is 26.0 Å². The summed E-state index contributed by atoms with van der Waals surface area (Å²) in [4.78, 5) is 24.8. The summed E-state index contributed by atoms with van der Waals surface area (Å²) >= 11 is 1.49. The Labute approximate surface area is 152 Å². The number of carbonyl (C=O) groups excluding carboxylic acids is 2. The number of esters is 1. The normalized spacial score (nSPS) is 11.8. The Kier molecular flexibility index (Phi) is 6.70. The van der Waals surface area contributed by atoms with E-state index in [0.29, 0.717) is 11.7 Å². The van der Waals surface area contributed by atoms with Crippen LogP contribution in [0.15, 0.2) is 44.7 Å². The molecule has 5 nitrogen and oxygen atoms in total. The summed E-state index contributed by atoms with van der Waals surface area (Å²) in [6.45, 7) is 7.92. The maximum Gasteiger partial charge on any atom is 0.307 e. The van der Waals surface area contributed by atoms with Crippen LogP contribution in [0.1, 0.15) is 41.9 Å². The van der Waals surface area contributed by atoms with Crippen molar-refractivity contribution < 1.29 is 18.7 Å². The lowest BCUT2D eigenvalue weighted by Gasteiger charge is -2.11. The molecule has 1 aromatic heterocycles. The predicted molar refractivity (Wildman–Crippen MR) is 96.9 cm³/mol. The molecule has 25 heavy (non-hydrogen) atoms. The van der Waals surface area contributed by atoms with Crippen molar-refractivity contribution in [3.05, 3.63) is 47.2 Å². The van der Waals surface area contributed by atoms with Gasteiger partial charge < -0.3 is 14.5 Å². The van der Waals surface area contributed by atoms with E-state index in [0.717, 1.165) is 16.0 Å². The average molecular weight is 361 g/mol. The summed E-state index contributed by atoms with van der Waals surface area (Å²) in [6.07, 6.45) is 0.129. The third-order valence-corrected chi connectivity index (χ3v) is 4.84. The fourth-order valence-electron chi connectivity index (χ4n) is 2.37. The Bertz CT molecular complexity index is 733. The van der Waals surface area contributed by atoms with Crippen LogP contribution >= 0.6 is 11.8 Å². The van der Waals surface area contributed by atoms with Crippen molar-refractivity contribution >= 4 is 23.6 Å². The smallest absolute Gasteiger partial charge is 0.307 e. The molecule has 0 bridgehead atoms. The van der Waals surface area contributed by atoms with Gasteiger partial charge in [-0.05, 0) is 51.0 Å². The molecule has 0 fully saturated rings. The summed E-state index contributed by atoms with van der Waals surface area (Å²) in [5, 5.41) is 3.40. The molecule has 1 atom stereocenters. The highest BCUT2D eigenvalue weighted by molar-refractivity contribution is 7.99. The number of benzene rings is 1. The van der Waals surface area contributed by atoms with Crippen molar-refractivity contribution in [2.75, 3.05) is 6.61 Å². The number of amides is 1. The van der Waals surface area contributed by atoms with Gasteiger partial charge in [-0.1, -0.05) is 30.0 Å². The summed E-state index contributed by atoms with van der Waals surface area (Å²) in [7, 11) is 0. The van der Waals surface area contributed by atoms with Crippen LogP contribution in [0.5, 0.6) is 0 Å². The Morgan fingerprint density at radius 3 is 2.52 bits per heavy atom. The number of rotatable bonds is 7. The molecule has 0 aliphatic carbocycles. The van der Waals surface area contributed by atoms with Gasteiger partial charge in [0.1, 0.15) is 0 Å². The van der Waals surface area contributed by atoms with E-state index in [4.69, 9.17) is 9.15 Å². The molecule has 1 unspecified atom stereocenters. The lowest BCUT2D eigenvalue weighted by Crippen LogP contribution is -2.34. The van der Waals surface area contributed by atoms with E-state index < -0.39 is 0 Å². The molecule has 0 radical (unpaired) electrons. The van der Waals surface area contributed by atoms with Gasteiger partial charge in [-0.15, -0.1) is 0 Å². The Morgan fingerprint density at radius 1 is 1.20 bits per heavy atom. The van der Waals surface area contributed by atoms with Gasteiger partial charge in [0.15, 0.2) is 10.9 Å². The predicted octanol–water partition coefficient (Wildman–Crippen LogP) is 4.12. The first-order valence-electron chi connectivity index (χ1n) is 8.21. The number of furan rings is 1. The molecule has 1 aromatic carbocycles. The molecule has 2 aromatic rings. The zero-order valence-electron chi connectivity index (χ0n) is 14.9. The molecular weight excluding hydrogens is 338 g/mol. The zero-order chi connectivity index (χ0) is 18.4. The van der Waals surface area contributed by atoms with E-state index >= 15 is 0 Å². The van der Waals surface area contributed by atoms with E-state index in [2.05, 4.69) is 5.32 Å². The fraction of sp³-hybridized carbons (Fsp3) is 0.368. The molecular formula is C19H23NO4S. The van der Waals surface area contributed by atoms with Gasteiger partial charge in [-0.2, -0.15) is 0 Å². The fourth-order valence-corrected chi connectivity index (χ4v) is 3.30. The van der Waals surface area contributed by atoms with E-state index in [1.165, 1.54) is 11.8 Å². The molecule has 0 spiro atoms. The average Bonchev–Trinajstić information content (AvgIpc) is 3.00. The van der Waals surface area contributed by atoms with Gasteiger partial charge in [0.05, 0.1) is 13.0 Å². The van der Waals surface area contributed by atoms with Crippen molar-refractivity contribution in [3.8, 4) is 0 Å². The highest BCUT2D eigenvalue weighted by Gasteiger charge is 2.17. The number of ether oxygens (including phenoxy) is 1. The van der Waals surface area contributed by atoms with Crippen LogP contribution in [0.4, 0.5) is 0 Å². The monoisotopic (exact) mass is 361 g/mol. The first-order valence-corrected chi connectivity index (χ1v) is 9.02. The van der Waals surface area contributed by atoms with Crippen LogP contribution in [-0.4, -0.2) is 24.5 Å². The topological polar surface area (TPSA) is 68.5 Å². The molecule has 0 saturated heterocycles. The summed E-state index contributed by atoms with van der Waals surface area (Å²) in [6, 6.07) is 9.20. The maximum absolute atomic E-state index is 12.2. The second-order valence-electron chi connectivity index (χ2n) is 5.83. The minimum Gasteiger partial charge on any atom is -0.466 e. The largest absolute Gasteiger partial charge is 0.466 e. The molecule has 1 amide bonds. The maximum atomic E-state index is 12.2. The quantitative estimate of drug-likeness (QED) is 0.751. The minimum absolute atomic E-state index is 0.129. The van der Waals surface area contributed by atoms with Gasteiger partial charge >= 0.3 is 5.97 Å². The van der Waals surface area contributed by atoms with Crippen molar-refractivity contribution in [3.63, 3.8) is 0 Å². The van der Waals surface area contributed by atoms with Crippen LogP contribution in [0.3, 0.4) is 0 Å². The molecule has 1 N–H and O–H groups in total. The lowest BCUT2D eigenvalue weighted by atomic mass is 10.2. The first-order chi connectivity index (χ1) is 11.9. The first kappa shape index (κ1) is 19.1. The second kappa shape index (κ2) is 8.76. The standard InChI is InChI=1S/C19H23NO4S/c1-5-23-16(21)11-14(4)20-19(22)15-9-10-17(24-15)25-18-12(2)7-6-8-13(18)3/h6-10,14H,5,11H2,1-4H3,(H,20,22).